The summed E-state index contributed by atoms with van der Waals surface area (Å²) in [4.78, 5) is 203. The minimum atomic E-state index is -1.97. The number of esters is 2. The van der Waals surface area contributed by atoms with E-state index in [0.717, 1.165) is 4.90 Å². The van der Waals surface area contributed by atoms with Crippen LogP contribution < -0.4 is 63.6 Å². The van der Waals surface area contributed by atoms with Crippen LogP contribution in [0.1, 0.15) is 97.7 Å². The predicted molar refractivity (Wildman–Crippen MR) is 343 cm³/mol. The highest BCUT2D eigenvalue weighted by atomic mass is 32.2. The number of hydrogen-bond donors (Lipinski definition) is 18. The summed E-state index contributed by atoms with van der Waals surface area (Å²) in [5.74, 6) is -18.6. The molecule has 522 valence electrons. The molecule has 95 heavy (non-hydrogen) atoms. The normalized spacial score (nSPS) is 26.2. The number of fused-ring (bicyclic) bond motifs is 1. The number of carbonyl (C=O) groups is 14. The number of amides is 11. The van der Waals surface area contributed by atoms with Crippen molar-refractivity contribution in [2.45, 2.75) is 172 Å². The number of H-pyrrole nitrogens is 1. The number of carboxylic acid groups (broad SMARTS) is 1. The van der Waals surface area contributed by atoms with Crippen molar-refractivity contribution in [3.63, 3.8) is 0 Å². The van der Waals surface area contributed by atoms with Gasteiger partial charge in [-0.3, -0.25) is 57.5 Å². The first-order valence-electron chi connectivity index (χ1n) is 30.4. The van der Waals surface area contributed by atoms with Gasteiger partial charge < -0.3 is 93.6 Å². The van der Waals surface area contributed by atoms with Crippen molar-refractivity contribution in [1.29, 1.82) is 0 Å². The molecular weight excluding hydrogens is 1310 g/mol. The van der Waals surface area contributed by atoms with E-state index in [1.54, 1.807) is 13.8 Å². The van der Waals surface area contributed by atoms with E-state index in [2.05, 4.69) is 93.1 Å². The Kier molecular flexibility index (Phi) is 29.6. The molecule has 3 aliphatic heterocycles. The zero-order valence-electron chi connectivity index (χ0n) is 52.9. The number of imidazole rings is 1. The molecule has 17 N–H and O–H groups in total. The van der Waals surface area contributed by atoms with E-state index in [-0.39, 0.29) is 69.7 Å². The van der Waals surface area contributed by atoms with Crippen LogP contribution in [0.25, 0.3) is 0 Å². The predicted octanol–water partition coefficient (Wildman–Crippen LogP) is -4.42. The van der Waals surface area contributed by atoms with Crippen molar-refractivity contribution in [2.75, 3.05) is 31.1 Å². The maximum atomic E-state index is 14.4. The monoisotopic (exact) mass is 1390 g/mol. The number of cyclic esters (lactones) is 2. The van der Waals surface area contributed by atoms with Gasteiger partial charge in [0.25, 0.3) is 5.79 Å². The first kappa shape index (κ1) is 77.2. The number of carboxylic acids is 1. The third-order valence-corrected chi connectivity index (χ3v) is 16.5. The second-order valence-electron chi connectivity index (χ2n) is 23.5. The number of hydrogen-bond acceptors (Lipinski definition) is 24. The van der Waals surface area contributed by atoms with Gasteiger partial charge in [-0.2, -0.15) is 25.3 Å². The number of phenols is 1. The van der Waals surface area contributed by atoms with Crippen LogP contribution >= 0.6 is 37.2 Å². The number of unbranched alkanes of at least 4 members (excludes halogenated alkanes) is 1. The molecule has 0 saturated carbocycles. The minimum Gasteiger partial charge on any atom is -0.508 e. The quantitative estimate of drug-likeness (QED) is 0.0200. The summed E-state index contributed by atoms with van der Waals surface area (Å²) in [6.07, 6.45) is -0.0916. The Balaban J connectivity index is 1.56. The second kappa shape index (κ2) is 36.4. The molecule has 5 rings (SSSR count). The molecule has 3 saturated heterocycles. The van der Waals surface area contributed by atoms with Gasteiger partial charge in [0.05, 0.1) is 31.4 Å². The highest BCUT2D eigenvalue weighted by Crippen LogP contribution is 2.28. The van der Waals surface area contributed by atoms with Gasteiger partial charge in [-0.1, -0.05) is 26.0 Å². The first-order chi connectivity index (χ1) is 44.8. The lowest BCUT2D eigenvalue weighted by Gasteiger charge is -2.31. The smallest absolute Gasteiger partial charge is 0.351 e. The average molecular weight is 1390 g/mol. The number of nitrogens with one attached hydrogen (secondary N) is 12. The van der Waals surface area contributed by atoms with Crippen LogP contribution in [0, 0.1) is 5.92 Å². The number of phenolic OH excluding ortho intramolecular Hbond substituents is 1. The van der Waals surface area contributed by atoms with Gasteiger partial charge in [0.1, 0.15) is 65.2 Å². The Labute approximate surface area is 561 Å². The van der Waals surface area contributed by atoms with E-state index in [1.165, 1.54) is 64.5 Å². The third kappa shape index (κ3) is 23.4. The van der Waals surface area contributed by atoms with Crippen LogP contribution in [0.15, 0.2) is 47.4 Å². The highest BCUT2D eigenvalue weighted by Gasteiger charge is 2.44. The van der Waals surface area contributed by atoms with Crippen LogP contribution in [-0.2, 0) is 89.4 Å². The molecule has 0 bridgehead atoms. The average Bonchev–Trinajstić information content (AvgIpc) is 1.17. The van der Waals surface area contributed by atoms with Gasteiger partial charge >= 0.3 is 17.9 Å². The Bertz CT molecular complexity index is 3150. The Hall–Kier alpha value is -8.52. The molecule has 3 aliphatic rings. The maximum absolute atomic E-state index is 14.4. The summed E-state index contributed by atoms with van der Waals surface area (Å²) in [5, 5.41) is 54.8. The lowest BCUT2D eigenvalue weighted by Crippen LogP contribution is -2.61. The molecule has 37 heteroatoms. The molecule has 0 aliphatic carbocycles. The number of nitrogens with zero attached hydrogens (tertiary/aromatic N) is 2. The van der Waals surface area contributed by atoms with Gasteiger partial charge in [-0.15, -0.1) is 0 Å². The summed E-state index contributed by atoms with van der Waals surface area (Å²) < 4.78 is 13.3. The van der Waals surface area contributed by atoms with Crippen LogP contribution in [0.2, 0.25) is 0 Å². The summed E-state index contributed by atoms with van der Waals surface area (Å²) >= 11 is 8.78. The number of aromatic nitrogens is 2. The Morgan fingerprint density at radius 2 is 1.25 bits per heavy atom. The van der Waals surface area contributed by atoms with Crippen LogP contribution in [0.5, 0.6) is 5.75 Å². The van der Waals surface area contributed by atoms with Gasteiger partial charge in [0.15, 0.2) is 5.57 Å². The fourth-order valence-corrected chi connectivity index (χ4v) is 11.2. The number of thiol groups is 2. The first-order valence-corrected chi connectivity index (χ1v) is 32.4. The summed E-state index contributed by atoms with van der Waals surface area (Å²) in [6.45, 7) is 7.79. The zero-order chi connectivity index (χ0) is 70.4. The van der Waals surface area contributed by atoms with E-state index in [9.17, 15) is 82.4 Å². The SMILES string of the molecule is CC(C)C[C@@H]1NC(=O)[C@H](C)NSC(=C2C(=O)OC(C)(C)OC2=O)NC(=O)[C@H](CCCCN)NC(=O)[C@H](CS)NC(=O)[C@H](CC(=O)O)NC(=O)[C@H](CS)NC(=O)[C@H](Cc2ccc(O)cc2)NC(=O)[C@@H]2CCCN2C(=O)CNC(=O)[C@H](Cc2cnc[nH]2)NC(=O)[C@H]([C@@H](C)O)NC1=O. The molecule has 11 atom stereocenters. The summed E-state index contributed by atoms with van der Waals surface area (Å²) in [6, 6.07) is -10.3. The van der Waals surface area contributed by atoms with E-state index < -0.39 is 190 Å². The maximum Gasteiger partial charge on any atom is 0.351 e. The molecule has 3 fully saturated rings. The molecule has 0 spiro atoms. The number of aromatic hydroxyl groups is 1. The lowest BCUT2D eigenvalue weighted by atomic mass is 10.0. The number of ether oxygens (including phenoxy) is 2. The van der Waals surface area contributed by atoms with Crippen molar-refractivity contribution in [1.82, 2.24) is 72.8 Å². The van der Waals surface area contributed by atoms with Crippen molar-refractivity contribution in [3.8, 4) is 5.75 Å². The van der Waals surface area contributed by atoms with Gasteiger partial charge in [-0.25, -0.2) is 19.3 Å². The van der Waals surface area contributed by atoms with Crippen LogP contribution in [-0.4, -0.2) is 217 Å². The molecule has 4 heterocycles. The number of aliphatic hydroxyl groups excluding tert-OH is 1. The fraction of sp³-hybridized carbons (Fsp3) is 0.569. The van der Waals surface area contributed by atoms with Crippen molar-refractivity contribution >= 4 is 120 Å². The topological polar surface area (TPSA) is 508 Å². The zero-order valence-corrected chi connectivity index (χ0v) is 55.5. The Morgan fingerprint density at radius 1 is 0.705 bits per heavy atom. The molecule has 0 unspecified atom stereocenters. The molecular formula is C58H83N15O19S3. The standard InChI is InChI=1S/C58H83N15O19S3/c1-27(2)18-34-50(84)70-44(29(4)74)54(88)67-36(20-31-22-60-26-62-31)46(80)61-23-41(76)73-17-9-11-40(73)53(87)66-35(19-30-12-14-32(75)15-13-30)48(82)68-39(25-94)52(86)65-37(21-42(77)78)49(83)69-38(24-93)51(85)63-33(10-7-8-16-59)47(81)71-55(95-72-28(3)45(79)64-34)43-56(89)91-58(5,6)92-57(43)90/h12-15,22,26-29,33-40,44,72,74-75,93-94H,7-11,16-21,23-25,59H2,1-6H3,(H,60,62)(H,61,80)(H,63,85)(H,64,79)(H,65,86)(H,66,87)(H,67,88)(H,68,82)(H,69,83)(H,70,84)(H,71,81)(H,77,78)/t28-,29+,33-,34-,35-,36-,37-,38-,39-,40-,44-/m0/s1. The molecule has 1 aromatic heterocycles. The van der Waals surface area contributed by atoms with E-state index in [0.29, 0.717) is 29.6 Å². The van der Waals surface area contributed by atoms with E-state index in [4.69, 9.17) is 15.2 Å². The van der Waals surface area contributed by atoms with Gasteiger partial charge in [0.2, 0.25) is 65.0 Å². The summed E-state index contributed by atoms with van der Waals surface area (Å²) in [5.41, 5.74) is 5.58. The largest absolute Gasteiger partial charge is 0.508 e. The van der Waals surface area contributed by atoms with Crippen molar-refractivity contribution < 1.29 is 91.9 Å². The van der Waals surface area contributed by atoms with Crippen LogP contribution in [0.3, 0.4) is 0 Å². The number of aliphatic carboxylic acids is 1. The molecule has 0 radical (unpaired) electrons. The number of nitrogens with two attached hydrogens (primary N) is 1. The highest BCUT2D eigenvalue weighted by molar-refractivity contribution is 8.01. The van der Waals surface area contributed by atoms with Crippen LogP contribution in [0.4, 0.5) is 0 Å². The van der Waals surface area contributed by atoms with Gasteiger partial charge in [0, 0.05) is 56.6 Å². The Morgan fingerprint density at radius 3 is 1.82 bits per heavy atom. The second-order valence-corrected chi connectivity index (χ2v) is 25.0. The summed E-state index contributed by atoms with van der Waals surface area (Å²) in [7, 11) is 0. The van der Waals surface area contributed by atoms with Crippen molar-refractivity contribution in [3.05, 3.63) is 58.6 Å². The fourth-order valence-electron chi connectivity index (χ4n) is 9.82. The molecule has 1 aromatic carbocycles. The molecule has 11 amide bonds. The molecule has 2 aromatic rings. The number of aliphatic hydroxyl groups is 1. The van der Waals surface area contributed by atoms with Crippen molar-refractivity contribution in [2.24, 2.45) is 11.7 Å². The van der Waals surface area contributed by atoms with E-state index >= 15 is 0 Å². The minimum absolute atomic E-state index is 0.00544. The molecule has 34 nitrogen and oxygen atoms in total. The van der Waals surface area contributed by atoms with E-state index in [1.807, 2.05) is 0 Å². The number of benzene rings is 1. The number of carbonyl (C=O) groups excluding carboxylic acids is 13. The number of rotatable bonds is 15. The van der Waals surface area contributed by atoms with Gasteiger partial charge in [-0.05, 0) is 94.5 Å². The third-order valence-electron chi connectivity index (χ3n) is 14.8. The lowest BCUT2D eigenvalue weighted by molar-refractivity contribution is -0.222. The number of aromatic amines is 1.